The smallest absolute Gasteiger partial charge is 0.260 e. The molecule has 0 aliphatic carbocycles. The Morgan fingerprint density at radius 1 is 0.917 bits per heavy atom. The summed E-state index contributed by atoms with van der Waals surface area (Å²) in [7, 11) is 0.265. The van der Waals surface area contributed by atoms with Gasteiger partial charge in [-0.15, -0.1) is 12.4 Å². The predicted octanol–water partition coefficient (Wildman–Crippen LogP) is 5.23. The van der Waals surface area contributed by atoms with Crippen molar-refractivity contribution >= 4 is 55.0 Å². The average Bonchev–Trinajstić information content (AvgIpc) is 3.21. The van der Waals surface area contributed by atoms with E-state index in [1.165, 1.54) is 11.3 Å². The number of rotatable bonds is 11. The van der Waals surface area contributed by atoms with Crippen molar-refractivity contribution in [1.29, 1.82) is 0 Å². The summed E-state index contributed by atoms with van der Waals surface area (Å²) in [6, 6.07) is 14.1. The van der Waals surface area contributed by atoms with E-state index in [-0.39, 0.29) is 35.0 Å². The SMILES string of the molecule is CC(C)CN(CC(C)C)S(=O)(=O)c1ccc(C(=O)N(CCN(C)C)c2nc3ccccc3s2)cc1.Cl. The summed E-state index contributed by atoms with van der Waals surface area (Å²) >= 11 is 1.48. The summed E-state index contributed by atoms with van der Waals surface area (Å²) in [5, 5.41) is 0.634. The number of benzene rings is 2. The average molecular weight is 553 g/mol. The number of carbonyl (C=O) groups is 1. The molecule has 0 aliphatic rings. The van der Waals surface area contributed by atoms with Gasteiger partial charge < -0.3 is 4.90 Å². The monoisotopic (exact) mass is 552 g/mol. The quantitative estimate of drug-likeness (QED) is 0.326. The summed E-state index contributed by atoms with van der Waals surface area (Å²) in [6.45, 7) is 10.1. The third-order valence-corrected chi connectivity index (χ3v) is 8.31. The van der Waals surface area contributed by atoms with Gasteiger partial charge in [-0.2, -0.15) is 4.31 Å². The number of likely N-dealkylation sites (N-methyl/N-ethyl adjacent to an activating group) is 1. The molecule has 0 atom stereocenters. The molecular formula is C26H37ClN4O3S2. The number of aromatic nitrogens is 1. The highest BCUT2D eigenvalue weighted by atomic mass is 35.5. The molecule has 198 valence electrons. The summed E-state index contributed by atoms with van der Waals surface area (Å²) in [5.41, 5.74) is 1.29. The minimum absolute atomic E-state index is 0. The van der Waals surface area contributed by atoms with Gasteiger partial charge in [0.1, 0.15) is 0 Å². The van der Waals surface area contributed by atoms with Crippen LogP contribution in [0, 0.1) is 11.8 Å². The lowest BCUT2D eigenvalue weighted by Gasteiger charge is -2.26. The lowest BCUT2D eigenvalue weighted by atomic mass is 10.2. The van der Waals surface area contributed by atoms with Crippen molar-refractivity contribution in [2.75, 3.05) is 45.2 Å². The van der Waals surface area contributed by atoms with E-state index in [2.05, 4.69) is 4.98 Å². The molecule has 0 saturated heterocycles. The van der Waals surface area contributed by atoms with E-state index in [1.54, 1.807) is 33.5 Å². The first-order chi connectivity index (χ1) is 16.5. The maximum atomic E-state index is 13.5. The first-order valence-electron chi connectivity index (χ1n) is 11.9. The van der Waals surface area contributed by atoms with Gasteiger partial charge in [-0.3, -0.25) is 9.69 Å². The Morgan fingerprint density at radius 3 is 2.03 bits per heavy atom. The highest BCUT2D eigenvalue weighted by molar-refractivity contribution is 7.89. The number of fused-ring (bicyclic) bond motifs is 1. The molecule has 3 aromatic rings. The van der Waals surface area contributed by atoms with Crippen LogP contribution in [0.3, 0.4) is 0 Å². The zero-order valence-corrected chi connectivity index (χ0v) is 24.3. The van der Waals surface area contributed by atoms with Gasteiger partial charge in [0.15, 0.2) is 5.13 Å². The molecule has 1 heterocycles. The maximum Gasteiger partial charge on any atom is 0.260 e. The lowest BCUT2D eigenvalue weighted by Crippen LogP contribution is -2.37. The van der Waals surface area contributed by atoms with Crippen LogP contribution < -0.4 is 4.90 Å². The molecule has 0 spiro atoms. The second-order valence-electron chi connectivity index (χ2n) is 9.86. The van der Waals surface area contributed by atoms with Crippen LogP contribution >= 0.6 is 23.7 Å². The van der Waals surface area contributed by atoms with Gasteiger partial charge in [0.25, 0.3) is 5.91 Å². The Labute approximate surface area is 225 Å². The Bertz CT molecular complexity index is 1200. The fraction of sp³-hybridized carbons (Fsp3) is 0.462. The molecule has 36 heavy (non-hydrogen) atoms. The Kier molecular flexibility index (Phi) is 10.9. The number of hydrogen-bond donors (Lipinski definition) is 0. The van der Waals surface area contributed by atoms with Gasteiger partial charge in [0, 0.05) is 31.7 Å². The Balaban J connectivity index is 0.00000456. The molecule has 0 unspecified atom stereocenters. The van der Waals surface area contributed by atoms with Crippen molar-refractivity contribution in [3.05, 3.63) is 54.1 Å². The molecule has 0 radical (unpaired) electrons. The van der Waals surface area contributed by atoms with Crippen LogP contribution in [0.5, 0.6) is 0 Å². The Hall–Kier alpha value is -2.04. The topological polar surface area (TPSA) is 73.8 Å². The first-order valence-corrected chi connectivity index (χ1v) is 14.2. The van der Waals surface area contributed by atoms with E-state index in [0.29, 0.717) is 36.9 Å². The maximum absolute atomic E-state index is 13.5. The van der Waals surface area contributed by atoms with Crippen LogP contribution in [-0.2, 0) is 10.0 Å². The molecule has 7 nitrogen and oxygen atoms in total. The van der Waals surface area contributed by atoms with Crippen molar-refractivity contribution in [3.63, 3.8) is 0 Å². The zero-order chi connectivity index (χ0) is 25.8. The van der Waals surface area contributed by atoms with Gasteiger partial charge in [0.05, 0.1) is 15.1 Å². The van der Waals surface area contributed by atoms with Crippen LogP contribution in [0.2, 0.25) is 0 Å². The normalized spacial score (nSPS) is 12.1. The molecule has 0 saturated carbocycles. The number of halogens is 1. The molecule has 0 aliphatic heterocycles. The Morgan fingerprint density at radius 2 is 1.50 bits per heavy atom. The van der Waals surface area contributed by atoms with Crippen molar-refractivity contribution in [3.8, 4) is 0 Å². The molecule has 1 aromatic heterocycles. The molecule has 0 bridgehead atoms. The minimum atomic E-state index is -3.65. The number of hydrogen-bond acceptors (Lipinski definition) is 6. The highest BCUT2D eigenvalue weighted by Crippen LogP contribution is 2.30. The van der Waals surface area contributed by atoms with Gasteiger partial charge in [-0.1, -0.05) is 51.2 Å². The molecule has 0 N–H and O–H groups in total. The second kappa shape index (κ2) is 13.0. The number of nitrogens with zero attached hydrogens (tertiary/aromatic N) is 4. The van der Waals surface area contributed by atoms with E-state index >= 15 is 0 Å². The predicted molar refractivity (Wildman–Crippen MR) is 152 cm³/mol. The van der Waals surface area contributed by atoms with Gasteiger partial charge in [0.2, 0.25) is 10.0 Å². The molecule has 0 fully saturated rings. The summed E-state index contributed by atoms with van der Waals surface area (Å²) < 4.78 is 29.2. The van der Waals surface area contributed by atoms with E-state index in [1.807, 2.05) is 71.0 Å². The largest absolute Gasteiger partial charge is 0.308 e. The van der Waals surface area contributed by atoms with E-state index in [4.69, 9.17) is 0 Å². The lowest BCUT2D eigenvalue weighted by molar-refractivity contribution is 0.0985. The number of carbonyl (C=O) groups excluding carboxylic acids is 1. The van der Waals surface area contributed by atoms with Crippen molar-refractivity contribution in [2.24, 2.45) is 11.8 Å². The number of para-hydroxylation sites is 1. The van der Waals surface area contributed by atoms with E-state index in [9.17, 15) is 13.2 Å². The standard InChI is InChI=1S/C26H36N4O3S2.ClH/c1-19(2)17-29(18-20(3)4)35(32,33)22-13-11-21(12-14-22)25(31)30(16-15-28(5)6)26-27-23-9-7-8-10-24(23)34-26;/h7-14,19-20H,15-18H2,1-6H3;1H. The summed E-state index contributed by atoms with van der Waals surface area (Å²) in [6.07, 6.45) is 0. The third kappa shape index (κ3) is 7.49. The third-order valence-electron chi connectivity index (χ3n) is 5.41. The first kappa shape index (κ1) is 30.2. The van der Waals surface area contributed by atoms with Crippen molar-refractivity contribution in [2.45, 2.75) is 32.6 Å². The zero-order valence-electron chi connectivity index (χ0n) is 21.8. The molecule has 1 amide bonds. The van der Waals surface area contributed by atoms with Crippen molar-refractivity contribution < 1.29 is 13.2 Å². The fourth-order valence-corrected chi connectivity index (χ4v) is 6.48. The summed E-state index contributed by atoms with van der Waals surface area (Å²) in [5.74, 6) is 0.225. The highest BCUT2D eigenvalue weighted by Gasteiger charge is 2.27. The van der Waals surface area contributed by atoms with E-state index < -0.39 is 10.0 Å². The van der Waals surface area contributed by atoms with Gasteiger partial charge in [-0.05, 0) is 62.3 Å². The van der Waals surface area contributed by atoms with Crippen LogP contribution in [-0.4, -0.2) is 68.8 Å². The van der Waals surface area contributed by atoms with Gasteiger partial charge >= 0.3 is 0 Å². The minimum Gasteiger partial charge on any atom is -0.308 e. The van der Waals surface area contributed by atoms with Crippen LogP contribution in [0.15, 0.2) is 53.4 Å². The number of thiazole rings is 1. The molecule has 2 aromatic carbocycles. The van der Waals surface area contributed by atoms with Gasteiger partial charge in [-0.25, -0.2) is 13.4 Å². The summed E-state index contributed by atoms with van der Waals surface area (Å²) in [4.78, 5) is 22.1. The number of amides is 1. The second-order valence-corrected chi connectivity index (χ2v) is 12.8. The molecular weight excluding hydrogens is 516 g/mol. The van der Waals surface area contributed by atoms with E-state index in [0.717, 1.165) is 10.2 Å². The van der Waals surface area contributed by atoms with Crippen molar-refractivity contribution in [1.82, 2.24) is 14.2 Å². The van der Waals surface area contributed by atoms with Crippen LogP contribution in [0.25, 0.3) is 10.2 Å². The van der Waals surface area contributed by atoms with Crippen LogP contribution in [0.4, 0.5) is 5.13 Å². The molecule has 10 heteroatoms. The molecule has 3 rings (SSSR count). The fourth-order valence-electron chi connectivity index (χ4n) is 3.72. The van der Waals surface area contributed by atoms with Crippen LogP contribution in [0.1, 0.15) is 38.1 Å². The number of sulfonamides is 1. The number of anilines is 1.